The van der Waals surface area contributed by atoms with Crippen molar-refractivity contribution in [2.75, 3.05) is 13.9 Å². The minimum Gasteiger partial charge on any atom is -0.469 e. The molecule has 0 radical (unpaired) electrons. The molecular formula is C19H22O4. The third-order valence-electron chi connectivity index (χ3n) is 4.74. The first kappa shape index (κ1) is 15.7. The molecule has 0 fully saturated rings. The fourth-order valence-electron chi connectivity index (χ4n) is 3.71. The Labute approximate surface area is 136 Å². The summed E-state index contributed by atoms with van der Waals surface area (Å²) in [6.45, 7) is 8.48. The zero-order valence-electron chi connectivity index (χ0n) is 13.8. The van der Waals surface area contributed by atoms with Gasteiger partial charge in [-0.05, 0) is 48.1 Å². The quantitative estimate of drug-likeness (QED) is 0.631. The topological polar surface area (TPSA) is 44.8 Å². The Morgan fingerprint density at radius 1 is 1.35 bits per heavy atom. The first-order valence-corrected chi connectivity index (χ1v) is 7.88. The predicted molar refractivity (Wildman–Crippen MR) is 87.6 cm³/mol. The van der Waals surface area contributed by atoms with Crippen molar-refractivity contribution in [3.63, 3.8) is 0 Å². The average molecular weight is 314 g/mol. The van der Waals surface area contributed by atoms with Crippen LogP contribution in [0, 0.1) is 11.8 Å². The standard InChI is InChI=1S/C19H22O4/c1-5-6-11(2)17-14-9-16-15(22-10-23-16)8-13(14)7-12(3)18(17)19(20)21-4/h5-6,8-9,12,17-18H,2,7,10H2,1,3-4H3/b6-5+/t12-,17-,18+/m1/s1. The highest BCUT2D eigenvalue weighted by molar-refractivity contribution is 5.76. The second kappa shape index (κ2) is 6.11. The van der Waals surface area contributed by atoms with E-state index >= 15 is 0 Å². The van der Waals surface area contributed by atoms with Crippen molar-refractivity contribution in [2.45, 2.75) is 26.2 Å². The lowest BCUT2D eigenvalue weighted by Gasteiger charge is -2.37. The molecule has 3 atom stereocenters. The Morgan fingerprint density at radius 3 is 2.70 bits per heavy atom. The van der Waals surface area contributed by atoms with E-state index in [4.69, 9.17) is 14.2 Å². The van der Waals surface area contributed by atoms with Crippen LogP contribution < -0.4 is 9.47 Å². The van der Waals surface area contributed by atoms with Crippen LogP contribution in [-0.4, -0.2) is 19.9 Å². The summed E-state index contributed by atoms with van der Waals surface area (Å²) in [6.07, 6.45) is 4.72. The van der Waals surface area contributed by atoms with Crippen LogP contribution in [0.15, 0.2) is 36.4 Å². The summed E-state index contributed by atoms with van der Waals surface area (Å²) in [5.74, 6) is 1.16. The highest BCUT2D eigenvalue weighted by Crippen LogP contribution is 2.48. The molecule has 1 heterocycles. The summed E-state index contributed by atoms with van der Waals surface area (Å²) >= 11 is 0. The highest BCUT2D eigenvalue weighted by atomic mass is 16.7. The smallest absolute Gasteiger partial charge is 0.309 e. The second-order valence-electron chi connectivity index (χ2n) is 6.19. The lowest BCUT2D eigenvalue weighted by molar-refractivity contribution is -0.148. The number of rotatable bonds is 3. The molecule has 4 heteroatoms. The van der Waals surface area contributed by atoms with Gasteiger partial charge in [0, 0.05) is 5.92 Å². The molecule has 2 aliphatic rings. The number of carbonyl (C=O) groups excluding carboxylic acids is 1. The first-order valence-electron chi connectivity index (χ1n) is 7.88. The molecule has 0 unspecified atom stereocenters. The molecule has 4 nitrogen and oxygen atoms in total. The van der Waals surface area contributed by atoms with Gasteiger partial charge in [-0.3, -0.25) is 4.79 Å². The van der Waals surface area contributed by atoms with E-state index in [0.29, 0.717) is 0 Å². The number of methoxy groups -OCH3 is 1. The maximum Gasteiger partial charge on any atom is 0.309 e. The van der Waals surface area contributed by atoms with Gasteiger partial charge in [0.25, 0.3) is 0 Å². The zero-order chi connectivity index (χ0) is 16.6. The minimum absolute atomic E-state index is 0.105. The van der Waals surface area contributed by atoms with Gasteiger partial charge in [-0.15, -0.1) is 0 Å². The lowest BCUT2D eigenvalue weighted by Crippen LogP contribution is -2.35. The maximum atomic E-state index is 12.4. The van der Waals surface area contributed by atoms with Crippen molar-refractivity contribution >= 4 is 5.97 Å². The molecule has 0 bridgehead atoms. The third kappa shape index (κ3) is 2.62. The highest BCUT2D eigenvalue weighted by Gasteiger charge is 2.41. The van der Waals surface area contributed by atoms with Gasteiger partial charge in [0.1, 0.15) is 0 Å². The summed E-state index contributed by atoms with van der Waals surface area (Å²) in [6, 6.07) is 4.04. The molecule has 0 amide bonds. The van der Waals surface area contributed by atoms with Crippen molar-refractivity contribution in [3.8, 4) is 11.5 Å². The monoisotopic (exact) mass is 314 g/mol. The van der Waals surface area contributed by atoms with E-state index in [0.717, 1.165) is 29.1 Å². The van der Waals surface area contributed by atoms with Crippen molar-refractivity contribution in [1.82, 2.24) is 0 Å². The third-order valence-corrected chi connectivity index (χ3v) is 4.74. The van der Waals surface area contributed by atoms with Gasteiger partial charge in [-0.1, -0.05) is 25.7 Å². The van der Waals surface area contributed by atoms with Crippen LogP contribution in [-0.2, 0) is 16.0 Å². The van der Waals surface area contributed by atoms with Crippen molar-refractivity contribution in [1.29, 1.82) is 0 Å². The average Bonchev–Trinajstić information content (AvgIpc) is 2.98. The number of hydrogen-bond acceptors (Lipinski definition) is 4. The number of hydrogen-bond donors (Lipinski definition) is 0. The summed E-state index contributed by atoms with van der Waals surface area (Å²) < 4.78 is 16.1. The van der Waals surface area contributed by atoms with Gasteiger partial charge in [-0.2, -0.15) is 0 Å². The molecule has 0 saturated heterocycles. The molecule has 1 aromatic rings. The van der Waals surface area contributed by atoms with E-state index in [2.05, 4.69) is 13.5 Å². The molecule has 0 N–H and O–H groups in total. The summed E-state index contributed by atoms with van der Waals surface area (Å²) in [5, 5.41) is 0. The van der Waals surface area contributed by atoms with Crippen molar-refractivity contribution in [3.05, 3.63) is 47.6 Å². The Balaban J connectivity index is 2.13. The fourth-order valence-corrected chi connectivity index (χ4v) is 3.71. The van der Waals surface area contributed by atoms with E-state index in [1.54, 1.807) is 0 Å². The van der Waals surface area contributed by atoms with E-state index < -0.39 is 0 Å². The largest absolute Gasteiger partial charge is 0.469 e. The number of fused-ring (bicyclic) bond motifs is 2. The van der Waals surface area contributed by atoms with Crippen molar-refractivity contribution < 1.29 is 19.0 Å². The van der Waals surface area contributed by atoms with Crippen LogP contribution in [0.2, 0.25) is 0 Å². The number of ether oxygens (including phenoxy) is 3. The van der Waals surface area contributed by atoms with Crippen LogP contribution in [0.5, 0.6) is 11.5 Å². The van der Waals surface area contributed by atoms with Gasteiger partial charge in [0.2, 0.25) is 6.79 Å². The molecule has 1 aliphatic heterocycles. The van der Waals surface area contributed by atoms with E-state index in [9.17, 15) is 4.79 Å². The predicted octanol–water partition coefficient (Wildman–Crippen LogP) is 3.61. The normalized spacial score (nSPS) is 25.3. The van der Waals surface area contributed by atoms with Crippen LogP contribution in [0.25, 0.3) is 0 Å². The minimum atomic E-state index is -0.239. The molecule has 23 heavy (non-hydrogen) atoms. The number of esters is 1. The van der Waals surface area contributed by atoms with Gasteiger partial charge in [0.05, 0.1) is 13.0 Å². The van der Waals surface area contributed by atoms with Gasteiger partial charge >= 0.3 is 5.97 Å². The molecule has 1 aliphatic carbocycles. The number of benzene rings is 1. The maximum absolute atomic E-state index is 12.4. The van der Waals surface area contributed by atoms with Gasteiger partial charge < -0.3 is 14.2 Å². The Hall–Kier alpha value is -2.23. The SMILES string of the molecule is C=C(/C=C/C)[C@@H]1c2cc3c(cc2C[C@@H](C)[C@@H]1C(=O)OC)OCO3. The van der Waals surface area contributed by atoms with Crippen LogP contribution >= 0.6 is 0 Å². The Morgan fingerprint density at radius 2 is 2.04 bits per heavy atom. The molecule has 1 aromatic carbocycles. The molecular weight excluding hydrogens is 292 g/mol. The van der Waals surface area contributed by atoms with E-state index in [1.165, 1.54) is 12.7 Å². The van der Waals surface area contributed by atoms with Crippen LogP contribution in [0.1, 0.15) is 30.9 Å². The second-order valence-corrected chi connectivity index (χ2v) is 6.19. The van der Waals surface area contributed by atoms with E-state index in [-0.39, 0.29) is 30.5 Å². The molecule has 0 spiro atoms. The number of allylic oxidation sites excluding steroid dienone is 3. The summed E-state index contributed by atoms with van der Waals surface area (Å²) in [7, 11) is 1.44. The summed E-state index contributed by atoms with van der Waals surface area (Å²) in [4.78, 5) is 12.4. The summed E-state index contributed by atoms with van der Waals surface area (Å²) in [5.41, 5.74) is 3.19. The number of carbonyl (C=O) groups is 1. The van der Waals surface area contributed by atoms with Crippen LogP contribution in [0.4, 0.5) is 0 Å². The Bertz CT molecular complexity index is 674. The Kier molecular flexibility index (Phi) is 4.16. The van der Waals surface area contributed by atoms with Gasteiger partial charge in [-0.25, -0.2) is 0 Å². The van der Waals surface area contributed by atoms with Crippen LogP contribution in [0.3, 0.4) is 0 Å². The fraction of sp³-hybridized carbons (Fsp3) is 0.421. The lowest BCUT2D eigenvalue weighted by atomic mass is 9.67. The van der Waals surface area contributed by atoms with Gasteiger partial charge in [0.15, 0.2) is 11.5 Å². The molecule has 0 aromatic heterocycles. The molecule has 3 rings (SSSR count). The van der Waals surface area contributed by atoms with Crippen molar-refractivity contribution in [2.24, 2.45) is 11.8 Å². The first-order chi connectivity index (χ1) is 11.1. The molecule has 0 saturated carbocycles. The van der Waals surface area contributed by atoms with E-state index in [1.807, 2.05) is 31.2 Å². The molecule has 122 valence electrons. The zero-order valence-corrected chi connectivity index (χ0v) is 13.8.